The molecule has 1 aromatic rings. The summed E-state index contributed by atoms with van der Waals surface area (Å²) in [5.41, 5.74) is -2.02. The first-order valence-corrected chi connectivity index (χ1v) is 8.76. The number of hydrogen-bond donors (Lipinski definition) is 1. The first kappa shape index (κ1) is 19.0. The molecule has 0 atom stereocenters. The van der Waals surface area contributed by atoms with Crippen molar-refractivity contribution in [3.63, 3.8) is 0 Å². The third-order valence-corrected chi connectivity index (χ3v) is 5.10. The molecule has 1 N–H and O–H groups in total. The van der Waals surface area contributed by atoms with Crippen molar-refractivity contribution in [2.24, 2.45) is 0 Å². The van der Waals surface area contributed by atoms with Crippen molar-refractivity contribution in [1.29, 1.82) is 0 Å². The first-order chi connectivity index (χ1) is 12.5. The number of hydrogen-bond acceptors (Lipinski definition) is 5. The van der Waals surface area contributed by atoms with Gasteiger partial charge in [-0.2, -0.15) is 0 Å². The number of nitrogens with zero attached hydrogens (tertiary/aromatic N) is 3. The first-order valence-electron chi connectivity index (χ1n) is 8.76. The lowest BCUT2D eigenvalue weighted by molar-refractivity contribution is -0.134. The van der Waals surface area contributed by atoms with Gasteiger partial charge in [0, 0.05) is 27.2 Å². The van der Waals surface area contributed by atoms with Crippen LogP contribution in [0.15, 0.2) is 16.5 Å². The standard InChI is InChI=1S/C19H23N3O5/c1-18(2,26)8-7-13-5-6-14(27-13)15(23)22-11-9-19(10-12-22)16(24)20(3)17(25)21(19)4/h5-6,26H,9-12H2,1-4H3. The highest BCUT2D eigenvalue weighted by atomic mass is 16.4. The highest BCUT2D eigenvalue weighted by Gasteiger charge is 2.55. The van der Waals surface area contributed by atoms with Crippen molar-refractivity contribution in [1.82, 2.24) is 14.7 Å². The number of likely N-dealkylation sites (N-methyl/N-ethyl adjacent to an activating group) is 2. The molecule has 0 bridgehead atoms. The fourth-order valence-corrected chi connectivity index (χ4v) is 3.47. The van der Waals surface area contributed by atoms with Crippen LogP contribution in [0.1, 0.15) is 43.0 Å². The fourth-order valence-electron chi connectivity index (χ4n) is 3.47. The Hall–Kier alpha value is -2.79. The van der Waals surface area contributed by atoms with Gasteiger partial charge in [-0.05, 0) is 44.7 Å². The molecule has 3 heterocycles. The summed E-state index contributed by atoms with van der Waals surface area (Å²) in [5, 5.41) is 9.63. The molecule has 0 aromatic carbocycles. The molecule has 2 aliphatic rings. The molecule has 8 heteroatoms. The van der Waals surface area contributed by atoms with Crippen molar-refractivity contribution in [2.75, 3.05) is 27.2 Å². The Bertz CT molecular complexity index is 847. The Morgan fingerprint density at radius 1 is 1.22 bits per heavy atom. The predicted octanol–water partition coefficient (Wildman–Crippen LogP) is 0.901. The maximum Gasteiger partial charge on any atom is 0.327 e. The lowest BCUT2D eigenvalue weighted by atomic mass is 9.86. The molecule has 1 spiro atoms. The summed E-state index contributed by atoms with van der Waals surface area (Å²) < 4.78 is 5.47. The fraction of sp³-hybridized carbons (Fsp3) is 0.526. The minimum Gasteiger partial charge on any atom is -0.443 e. The van der Waals surface area contributed by atoms with Crippen molar-refractivity contribution in [3.8, 4) is 11.8 Å². The van der Waals surface area contributed by atoms with E-state index < -0.39 is 11.1 Å². The van der Waals surface area contributed by atoms with Crippen molar-refractivity contribution >= 4 is 17.8 Å². The Labute approximate surface area is 157 Å². The Balaban J connectivity index is 1.69. The van der Waals surface area contributed by atoms with Crippen LogP contribution in [-0.4, -0.2) is 76.0 Å². The number of aliphatic hydroxyl groups is 1. The zero-order valence-electron chi connectivity index (χ0n) is 15.9. The van der Waals surface area contributed by atoms with Crippen LogP contribution in [0, 0.1) is 11.8 Å². The van der Waals surface area contributed by atoms with Gasteiger partial charge in [0.1, 0.15) is 11.1 Å². The van der Waals surface area contributed by atoms with Gasteiger partial charge < -0.3 is 19.3 Å². The lowest BCUT2D eigenvalue weighted by Crippen LogP contribution is -2.56. The number of urea groups is 1. The molecule has 4 amide bonds. The Morgan fingerprint density at radius 2 is 1.85 bits per heavy atom. The molecule has 2 fully saturated rings. The summed E-state index contributed by atoms with van der Waals surface area (Å²) in [5.74, 6) is 5.27. The average Bonchev–Trinajstić information content (AvgIpc) is 3.16. The Morgan fingerprint density at radius 3 is 2.37 bits per heavy atom. The summed E-state index contributed by atoms with van der Waals surface area (Å²) in [6, 6.07) is 2.81. The molecule has 3 rings (SSSR count). The van der Waals surface area contributed by atoms with E-state index in [4.69, 9.17) is 4.42 Å². The quantitative estimate of drug-likeness (QED) is 0.583. The van der Waals surface area contributed by atoms with E-state index in [-0.39, 0.29) is 23.6 Å². The highest BCUT2D eigenvalue weighted by Crippen LogP contribution is 2.35. The molecule has 0 radical (unpaired) electrons. The number of furan rings is 1. The van der Waals surface area contributed by atoms with E-state index in [1.165, 1.54) is 11.9 Å². The van der Waals surface area contributed by atoms with Gasteiger partial charge in [-0.15, -0.1) is 0 Å². The smallest absolute Gasteiger partial charge is 0.327 e. The van der Waals surface area contributed by atoms with Crippen LogP contribution >= 0.6 is 0 Å². The lowest BCUT2D eigenvalue weighted by Gasteiger charge is -2.40. The number of rotatable bonds is 1. The van der Waals surface area contributed by atoms with E-state index in [1.54, 1.807) is 37.9 Å². The van der Waals surface area contributed by atoms with E-state index in [0.29, 0.717) is 31.7 Å². The van der Waals surface area contributed by atoms with Crippen molar-refractivity contribution < 1.29 is 23.9 Å². The number of likely N-dealkylation sites (tertiary alicyclic amines) is 1. The van der Waals surface area contributed by atoms with E-state index >= 15 is 0 Å². The zero-order valence-corrected chi connectivity index (χ0v) is 15.9. The van der Waals surface area contributed by atoms with Gasteiger partial charge in [-0.25, -0.2) is 4.79 Å². The number of piperidine rings is 1. The number of carbonyl (C=O) groups is 3. The Kier molecular flexibility index (Phi) is 4.52. The number of amides is 4. The van der Waals surface area contributed by atoms with Gasteiger partial charge in [0.25, 0.3) is 11.8 Å². The largest absolute Gasteiger partial charge is 0.443 e. The van der Waals surface area contributed by atoms with Gasteiger partial charge in [0.2, 0.25) is 0 Å². The minimum absolute atomic E-state index is 0.158. The van der Waals surface area contributed by atoms with Crippen LogP contribution in [0.25, 0.3) is 0 Å². The molecule has 27 heavy (non-hydrogen) atoms. The molecular formula is C19H23N3O5. The molecule has 2 saturated heterocycles. The van der Waals surface area contributed by atoms with Crippen molar-refractivity contribution in [3.05, 3.63) is 23.7 Å². The molecule has 1 aromatic heterocycles. The molecule has 0 unspecified atom stereocenters. The second-order valence-electron chi connectivity index (χ2n) is 7.50. The predicted molar refractivity (Wildman–Crippen MR) is 95.7 cm³/mol. The molecule has 8 nitrogen and oxygen atoms in total. The van der Waals surface area contributed by atoms with Gasteiger partial charge in [0.05, 0.1) is 0 Å². The third kappa shape index (κ3) is 3.30. The van der Waals surface area contributed by atoms with Crippen LogP contribution < -0.4 is 0 Å². The monoisotopic (exact) mass is 373 g/mol. The number of imide groups is 1. The van der Waals surface area contributed by atoms with Crippen LogP contribution in [0.5, 0.6) is 0 Å². The van der Waals surface area contributed by atoms with Crippen LogP contribution in [0.4, 0.5) is 4.79 Å². The maximum absolute atomic E-state index is 12.7. The second-order valence-corrected chi connectivity index (χ2v) is 7.50. The summed E-state index contributed by atoms with van der Waals surface area (Å²) >= 11 is 0. The summed E-state index contributed by atoms with van der Waals surface area (Å²) in [7, 11) is 3.11. The molecule has 0 saturated carbocycles. The SMILES string of the molecule is CN1C(=O)N(C)C2(CCN(C(=O)c3ccc(C#CC(C)(C)O)o3)CC2)C1=O. The topological polar surface area (TPSA) is 94.3 Å². The molecule has 0 aliphatic carbocycles. The summed E-state index contributed by atoms with van der Waals surface area (Å²) in [6.07, 6.45) is 0.770. The average molecular weight is 373 g/mol. The van der Waals surface area contributed by atoms with Crippen LogP contribution in [0.3, 0.4) is 0 Å². The molecular weight excluding hydrogens is 350 g/mol. The number of carbonyl (C=O) groups excluding carboxylic acids is 3. The second kappa shape index (κ2) is 6.43. The maximum atomic E-state index is 12.7. The van der Waals surface area contributed by atoms with Crippen LogP contribution in [-0.2, 0) is 4.79 Å². The van der Waals surface area contributed by atoms with Gasteiger partial charge >= 0.3 is 6.03 Å². The molecule has 144 valence electrons. The summed E-state index contributed by atoms with van der Waals surface area (Å²) in [4.78, 5) is 41.5. The summed E-state index contributed by atoms with van der Waals surface area (Å²) in [6.45, 7) is 3.81. The van der Waals surface area contributed by atoms with E-state index in [1.807, 2.05) is 0 Å². The van der Waals surface area contributed by atoms with E-state index in [0.717, 1.165) is 4.90 Å². The van der Waals surface area contributed by atoms with Crippen LogP contribution in [0.2, 0.25) is 0 Å². The molecule has 2 aliphatic heterocycles. The normalized spacial score (nSPS) is 19.5. The minimum atomic E-state index is -1.15. The third-order valence-electron chi connectivity index (χ3n) is 5.10. The van der Waals surface area contributed by atoms with Crippen molar-refractivity contribution in [2.45, 2.75) is 37.8 Å². The van der Waals surface area contributed by atoms with E-state index in [2.05, 4.69) is 11.8 Å². The zero-order chi connectivity index (χ0) is 20.0. The van der Waals surface area contributed by atoms with E-state index in [9.17, 15) is 19.5 Å². The van der Waals surface area contributed by atoms with Gasteiger partial charge in [-0.3, -0.25) is 14.5 Å². The highest BCUT2D eigenvalue weighted by molar-refractivity contribution is 6.06. The van der Waals surface area contributed by atoms with Gasteiger partial charge in [-0.1, -0.05) is 5.92 Å². The van der Waals surface area contributed by atoms with Gasteiger partial charge in [0.15, 0.2) is 11.5 Å².